The second-order valence-electron chi connectivity index (χ2n) is 6.77. The Hall–Kier alpha value is -3.58. The van der Waals surface area contributed by atoms with Gasteiger partial charge in [-0.1, -0.05) is 30.3 Å². The van der Waals surface area contributed by atoms with Gasteiger partial charge >= 0.3 is 0 Å². The van der Waals surface area contributed by atoms with E-state index in [9.17, 15) is 14.0 Å². The van der Waals surface area contributed by atoms with Gasteiger partial charge in [-0.15, -0.1) is 11.3 Å². The summed E-state index contributed by atoms with van der Waals surface area (Å²) in [6, 6.07) is 18.7. The van der Waals surface area contributed by atoms with Crippen LogP contribution in [0.3, 0.4) is 0 Å². The van der Waals surface area contributed by atoms with Crippen LogP contribution in [0.4, 0.5) is 10.1 Å². The van der Waals surface area contributed by atoms with Crippen molar-refractivity contribution in [1.82, 2.24) is 9.88 Å². The number of benzene rings is 2. The Morgan fingerprint density at radius 1 is 1.07 bits per heavy atom. The fourth-order valence-electron chi connectivity index (χ4n) is 3.16. The predicted molar refractivity (Wildman–Crippen MR) is 117 cm³/mol. The third-order valence-electron chi connectivity index (χ3n) is 4.56. The van der Waals surface area contributed by atoms with E-state index in [2.05, 4.69) is 10.3 Å². The van der Waals surface area contributed by atoms with E-state index in [1.165, 1.54) is 23.1 Å². The van der Waals surface area contributed by atoms with E-state index < -0.39 is 11.7 Å². The van der Waals surface area contributed by atoms with Crippen molar-refractivity contribution in [2.75, 3.05) is 18.9 Å². The number of nitrogens with zero attached hydrogens (tertiary/aromatic N) is 2. The Kier molecular flexibility index (Phi) is 5.54. The van der Waals surface area contributed by atoms with E-state index in [0.717, 1.165) is 10.3 Å². The molecule has 2 amide bonds. The third kappa shape index (κ3) is 4.21. The zero-order valence-electron chi connectivity index (χ0n) is 16.1. The van der Waals surface area contributed by atoms with Crippen LogP contribution >= 0.6 is 11.3 Å². The molecule has 0 bridgehead atoms. The normalized spacial score (nSPS) is 10.7. The summed E-state index contributed by atoms with van der Waals surface area (Å²) in [6.07, 6.45) is 0. The summed E-state index contributed by atoms with van der Waals surface area (Å²) < 4.78 is 13.3. The number of hydrogen-bond donors (Lipinski definition) is 1. The highest BCUT2D eigenvalue weighted by molar-refractivity contribution is 7.13. The fraction of sp³-hybridized carbons (Fsp3) is 0.0870. The SMILES string of the molecule is CN(CC(=O)Nc1cccc(F)c1)C(=O)c1cc(-c2cccs2)nc2ccccc12. The molecule has 4 aromatic rings. The van der Waals surface area contributed by atoms with Gasteiger partial charge in [-0.3, -0.25) is 9.59 Å². The van der Waals surface area contributed by atoms with Crippen LogP contribution in [0.1, 0.15) is 10.4 Å². The number of pyridine rings is 1. The average molecular weight is 419 g/mol. The number of halogens is 1. The fourth-order valence-corrected chi connectivity index (χ4v) is 3.85. The largest absolute Gasteiger partial charge is 0.332 e. The number of nitrogens with one attached hydrogen (secondary N) is 1. The molecule has 4 rings (SSSR count). The van der Waals surface area contributed by atoms with E-state index in [1.807, 2.05) is 41.8 Å². The number of carbonyl (C=O) groups is 2. The number of rotatable bonds is 5. The first-order valence-corrected chi connectivity index (χ1v) is 10.1. The summed E-state index contributed by atoms with van der Waals surface area (Å²) >= 11 is 1.54. The van der Waals surface area contributed by atoms with Crippen molar-refractivity contribution in [2.24, 2.45) is 0 Å². The maximum absolute atomic E-state index is 13.3. The number of fused-ring (bicyclic) bond motifs is 1. The molecule has 0 fully saturated rings. The molecule has 0 unspecified atom stereocenters. The molecule has 0 saturated carbocycles. The lowest BCUT2D eigenvalue weighted by atomic mass is 10.1. The Bertz CT molecular complexity index is 1220. The Morgan fingerprint density at radius 2 is 1.90 bits per heavy atom. The highest BCUT2D eigenvalue weighted by Gasteiger charge is 2.19. The van der Waals surface area contributed by atoms with E-state index in [1.54, 1.807) is 30.5 Å². The molecule has 2 aromatic carbocycles. The topological polar surface area (TPSA) is 62.3 Å². The van der Waals surface area contributed by atoms with Gasteiger partial charge < -0.3 is 10.2 Å². The van der Waals surface area contributed by atoms with Gasteiger partial charge in [0.15, 0.2) is 0 Å². The number of thiophene rings is 1. The number of hydrogen-bond acceptors (Lipinski definition) is 4. The van der Waals surface area contributed by atoms with E-state index in [0.29, 0.717) is 22.5 Å². The molecule has 2 aromatic heterocycles. The maximum Gasteiger partial charge on any atom is 0.254 e. The van der Waals surface area contributed by atoms with E-state index in [-0.39, 0.29) is 12.5 Å². The second-order valence-corrected chi connectivity index (χ2v) is 7.72. The molecule has 0 aliphatic rings. The lowest BCUT2D eigenvalue weighted by molar-refractivity contribution is -0.116. The monoisotopic (exact) mass is 419 g/mol. The van der Waals surface area contributed by atoms with E-state index in [4.69, 9.17) is 0 Å². The molecule has 5 nitrogen and oxygen atoms in total. The van der Waals surface area contributed by atoms with Gasteiger partial charge in [-0.05, 0) is 41.8 Å². The molecule has 2 heterocycles. The minimum Gasteiger partial charge on any atom is -0.332 e. The van der Waals surface area contributed by atoms with Gasteiger partial charge in [0, 0.05) is 18.1 Å². The molecule has 30 heavy (non-hydrogen) atoms. The van der Waals surface area contributed by atoms with Crippen molar-refractivity contribution < 1.29 is 14.0 Å². The Labute approximate surface area is 176 Å². The van der Waals surface area contributed by atoms with Crippen LogP contribution in [0.5, 0.6) is 0 Å². The quantitative estimate of drug-likeness (QED) is 0.505. The van der Waals surface area contributed by atoms with Crippen molar-refractivity contribution in [2.45, 2.75) is 0 Å². The van der Waals surface area contributed by atoms with Crippen LogP contribution in [-0.2, 0) is 4.79 Å². The van der Waals surface area contributed by atoms with Gasteiger partial charge in [-0.2, -0.15) is 0 Å². The number of carbonyl (C=O) groups excluding carboxylic acids is 2. The summed E-state index contributed by atoms with van der Waals surface area (Å²) in [5, 5.41) is 5.28. The molecule has 0 aliphatic heterocycles. The predicted octanol–water partition coefficient (Wildman–Crippen LogP) is 4.81. The van der Waals surface area contributed by atoms with Crippen LogP contribution in [0.2, 0.25) is 0 Å². The van der Waals surface area contributed by atoms with Crippen LogP contribution in [0, 0.1) is 5.82 Å². The smallest absolute Gasteiger partial charge is 0.254 e. The van der Waals surface area contributed by atoms with Crippen molar-refractivity contribution in [3.63, 3.8) is 0 Å². The molecular weight excluding hydrogens is 401 g/mol. The highest BCUT2D eigenvalue weighted by atomic mass is 32.1. The minimum atomic E-state index is -0.443. The Morgan fingerprint density at radius 3 is 2.67 bits per heavy atom. The number of anilines is 1. The van der Waals surface area contributed by atoms with Crippen molar-refractivity contribution in [3.05, 3.63) is 83.5 Å². The summed E-state index contributed by atoms with van der Waals surface area (Å²) in [6.45, 7) is -0.166. The molecule has 0 radical (unpaired) electrons. The first kappa shape index (κ1) is 19.7. The van der Waals surface area contributed by atoms with Crippen LogP contribution in [-0.4, -0.2) is 35.3 Å². The summed E-state index contributed by atoms with van der Waals surface area (Å²) in [4.78, 5) is 32.5. The molecule has 0 spiro atoms. The van der Waals surface area contributed by atoms with Gasteiger partial charge in [0.05, 0.1) is 28.2 Å². The Balaban J connectivity index is 1.59. The van der Waals surface area contributed by atoms with Gasteiger partial charge in [0.25, 0.3) is 5.91 Å². The average Bonchev–Trinajstić information content (AvgIpc) is 3.27. The lowest BCUT2D eigenvalue weighted by Gasteiger charge is -2.18. The minimum absolute atomic E-state index is 0.166. The summed E-state index contributed by atoms with van der Waals surface area (Å²) in [5.74, 6) is -1.14. The summed E-state index contributed by atoms with van der Waals surface area (Å²) in [7, 11) is 1.56. The molecule has 0 aliphatic carbocycles. The first-order valence-electron chi connectivity index (χ1n) is 9.26. The molecule has 150 valence electrons. The number of amides is 2. The molecule has 0 atom stereocenters. The van der Waals surface area contributed by atoms with Crippen molar-refractivity contribution in [1.29, 1.82) is 0 Å². The maximum atomic E-state index is 13.3. The first-order chi connectivity index (χ1) is 14.5. The molecule has 7 heteroatoms. The van der Waals surface area contributed by atoms with Crippen molar-refractivity contribution in [3.8, 4) is 10.6 Å². The second kappa shape index (κ2) is 8.42. The molecule has 1 N–H and O–H groups in total. The number of para-hydroxylation sites is 1. The zero-order valence-corrected chi connectivity index (χ0v) is 16.9. The molecular formula is C23H18FN3O2S. The van der Waals surface area contributed by atoms with E-state index >= 15 is 0 Å². The van der Waals surface area contributed by atoms with Crippen LogP contribution in [0.15, 0.2) is 72.1 Å². The summed E-state index contributed by atoms with van der Waals surface area (Å²) in [5.41, 5.74) is 2.24. The van der Waals surface area contributed by atoms with Crippen LogP contribution in [0.25, 0.3) is 21.5 Å². The number of aromatic nitrogens is 1. The third-order valence-corrected chi connectivity index (χ3v) is 5.45. The zero-order chi connectivity index (χ0) is 21.1. The van der Waals surface area contributed by atoms with Gasteiger partial charge in [0.2, 0.25) is 5.91 Å². The number of likely N-dealkylation sites (N-methyl/N-ethyl adjacent to an activating group) is 1. The van der Waals surface area contributed by atoms with Gasteiger partial charge in [0.1, 0.15) is 5.82 Å². The van der Waals surface area contributed by atoms with Gasteiger partial charge in [-0.25, -0.2) is 9.37 Å². The lowest BCUT2D eigenvalue weighted by Crippen LogP contribution is -2.35. The standard InChI is InChI=1S/C23H18FN3O2S/c1-27(14-22(28)25-16-7-4-6-15(24)12-16)23(29)18-13-20(21-10-5-11-30-21)26-19-9-3-2-8-17(18)19/h2-13H,14H2,1H3,(H,25,28). The van der Waals surface area contributed by atoms with Crippen LogP contribution < -0.4 is 5.32 Å². The molecule has 0 saturated heterocycles. The van der Waals surface area contributed by atoms with Crippen molar-refractivity contribution >= 4 is 39.7 Å². The highest BCUT2D eigenvalue weighted by Crippen LogP contribution is 2.28.